The van der Waals surface area contributed by atoms with Gasteiger partial charge < -0.3 is 5.11 Å². The maximum Gasteiger partial charge on any atom is 0.141 e. The molecule has 0 saturated heterocycles. The molecule has 1 aromatic heterocycles. The molecule has 1 heterocycles. The fraction of sp³-hybridized carbons (Fsp3) is 0.214. The van der Waals surface area contributed by atoms with E-state index < -0.39 is 11.4 Å². The molecule has 2 rings (SSSR count). The second-order valence-electron chi connectivity index (χ2n) is 4.30. The summed E-state index contributed by atoms with van der Waals surface area (Å²) in [7, 11) is 0. The summed E-state index contributed by atoms with van der Waals surface area (Å²) in [6.45, 7) is 1.68. The summed E-state index contributed by atoms with van der Waals surface area (Å²) in [5.74, 6) is -0.399. The smallest absolute Gasteiger partial charge is 0.141 e. The zero-order valence-corrected chi connectivity index (χ0v) is 9.60. The average molecular weight is 231 g/mol. The summed E-state index contributed by atoms with van der Waals surface area (Å²) in [4.78, 5) is 3.92. The van der Waals surface area contributed by atoms with Crippen LogP contribution in [0.5, 0.6) is 0 Å². The molecule has 88 valence electrons. The van der Waals surface area contributed by atoms with Gasteiger partial charge in [-0.3, -0.25) is 4.98 Å². The van der Waals surface area contributed by atoms with Crippen LogP contribution < -0.4 is 0 Å². The molecule has 1 N–H and O–H groups in total. The van der Waals surface area contributed by atoms with Crippen molar-refractivity contribution in [2.24, 2.45) is 0 Å². The van der Waals surface area contributed by atoms with Gasteiger partial charge in [-0.1, -0.05) is 30.3 Å². The number of hydrogen-bond donors (Lipinski definition) is 1. The lowest BCUT2D eigenvalue weighted by Gasteiger charge is -2.22. The monoisotopic (exact) mass is 231 g/mol. The minimum absolute atomic E-state index is 0.399. The van der Waals surface area contributed by atoms with Crippen LogP contribution in [0.25, 0.3) is 0 Å². The number of nitrogens with zero attached hydrogens (tertiary/aromatic N) is 1. The molecule has 2 nitrogen and oxygen atoms in total. The molecule has 0 bridgehead atoms. The number of hydrogen-bond acceptors (Lipinski definition) is 2. The third-order valence-electron chi connectivity index (χ3n) is 2.67. The van der Waals surface area contributed by atoms with Crippen molar-refractivity contribution in [3.8, 4) is 0 Å². The van der Waals surface area contributed by atoms with E-state index in [0.29, 0.717) is 12.1 Å². The molecule has 0 saturated carbocycles. The largest absolute Gasteiger partial charge is 0.383 e. The maximum absolute atomic E-state index is 12.8. The van der Waals surface area contributed by atoms with Gasteiger partial charge >= 0.3 is 0 Å². The van der Waals surface area contributed by atoms with Gasteiger partial charge in [-0.2, -0.15) is 0 Å². The second-order valence-corrected chi connectivity index (χ2v) is 4.30. The zero-order valence-electron chi connectivity index (χ0n) is 9.60. The van der Waals surface area contributed by atoms with Gasteiger partial charge in [0, 0.05) is 6.42 Å². The minimum Gasteiger partial charge on any atom is -0.383 e. The summed E-state index contributed by atoms with van der Waals surface area (Å²) in [6.07, 6.45) is 1.57. The van der Waals surface area contributed by atoms with Crippen molar-refractivity contribution in [2.75, 3.05) is 0 Å². The van der Waals surface area contributed by atoms with Crippen molar-refractivity contribution in [1.82, 2.24) is 4.98 Å². The summed E-state index contributed by atoms with van der Waals surface area (Å²) in [6, 6.07) is 12.5. The fourth-order valence-electron chi connectivity index (χ4n) is 1.78. The molecule has 1 unspecified atom stereocenters. The highest BCUT2D eigenvalue weighted by atomic mass is 19.1. The van der Waals surface area contributed by atoms with E-state index in [1.165, 1.54) is 12.1 Å². The van der Waals surface area contributed by atoms with Gasteiger partial charge in [0.1, 0.15) is 11.4 Å². The van der Waals surface area contributed by atoms with Crippen LogP contribution in [0.3, 0.4) is 0 Å². The van der Waals surface area contributed by atoms with Crippen LogP contribution in [-0.4, -0.2) is 10.1 Å². The number of pyridine rings is 1. The highest BCUT2D eigenvalue weighted by Crippen LogP contribution is 2.23. The third-order valence-corrected chi connectivity index (χ3v) is 2.67. The Morgan fingerprint density at radius 1 is 1.18 bits per heavy atom. The summed E-state index contributed by atoms with van der Waals surface area (Å²) >= 11 is 0. The highest BCUT2D eigenvalue weighted by molar-refractivity contribution is 5.21. The number of aliphatic hydroxyl groups is 1. The Kier molecular flexibility index (Phi) is 3.20. The van der Waals surface area contributed by atoms with Crippen molar-refractivity contribution >= 4 is 0 Å². The van der Waals surface area contributed by atoms with Crippen LogP contribution in [0.2, 0.25) is 0 Å². The predicted octanol–water partition coefficient (Wildman–Crippen LogP) is 2.67. The van der Waals surface area contributed by atoms with E-state index in [2.05, 4.69) is 4.98 Å². The van der Waals surface area contributed by atoms with E-state index in [-0.39, 0.29) is 0 Å². The van der Waals surface area contributed by atoms with Gasteiger partial charge in [0.05, 0.1) is 11.9 Å². The van der Waals surface area contributed by atoms with Crippen molar-refractivity contribution in [3.05, 3.63) is 65.7 Å². The van der Waals surface area contributed by atoms with E-state index >= 15 is 0 Å². The van der Waals surface area contributed by atoms with Gasteiger partial charge in [-0.25, -0.2) is 4.39 Å². The SMILES string of the molecule is CC(O)(Cc1ccccc1)c1ccc(F)cn1. The molecule has 0 aliphatic heterocycles. The summed E-state index contributed by atoms with van der Waals surface area (Å²) in [5, 5.41) is 10.3. The first-order valence-electron chi connectivity index (χ1n) is 5.46. The van der Waals surface area contributed by atoms with Gasteiger partial charge in [0.15, 0.2) is 0 Å². The quantitative estimate of drug-likeness (QED) is 0.881. The molecule has 0 amide bonds. The first kappa shape index (κ1) is 11.7. The molecular weight excluding hydrogens is 217 g/mol. The molecule has 0 radical (unpaired) electrons. The molecule has 0 aliphatic rings. The Bertz CT molecular complexity index is 479. The Morgan fingerprint density at radius 2 is 1.88 bits per heavy atom. The number of benzene rings is 1. The number of rotatable bonds is 3. The lowest BCUT2D eigenvalue weighted by atomic mass is 9.93. The lowest BCUT2D eigenvalue weighted by Crippen LogP contribution is -2.25. The summed E-state index contributed by atoms with van der Waals surface area (Å²) in [5.41, 5.74) is 0.404. The summed E-state index contributed by atoms with van der Waals surface area (Å²) < 4.78 is 12.8. The molecule has 2 aromatic rings. The van der Waals surface area contributed by atoms with Crippen LogP contribution in [-0.2, 0) is 12.0 Å². The van der Waals surface area contributed by atoms with Crippen molar-refractivity contribution in [1.29, 1.82) is 0 Å². The molecule has 1 aromatic carbocycles. The van der Waals surface area contributed by atoms with Crippen molar-refractivity contribution < 1.29 is 9.50 Å². The average Bonchev–Trinajstić information content (AvgIpc) is 2.30. The minimum atomic E-state index is -1.09. The molecule has 1 atom stereocenters. The van der Waals surface area contributed by atoms with Gasteiger partial charge in [0.25, 0.3) is 0 Å². The van der Waals surface area contributed by atoms with Crippen molar-refractivity contribution in [3.63, 3.8) is 0 Å². The Labute approximate surface area is 99.8 Å². The Morgan fingerprint density at radius 3 is 2.47 bits per heavy atom. The first-order chi connectivity index (χ1) is 8.08. The Hall–Kier alpha value is -1.74. The van der Waals surface area contributed by atoms with Crippen LogP contribution in [0.1, 0.15) is 18.2 Å². The molecular formula is C14H14FNO. The van der Waals surface area contributed by atoms with Crippen LogP contribution in [0.4, 0.5) is 4.39 Å². The Balaban J connectivity index is 2.21. The standard InChI is InChI=1S/C14H14FNO/c1-14(17,9-11-5-3-2-4-6-11)13-8-7-12(15)10-16-13/h2-8,10,17H,9H2,1H3. The third kappa shape index (κ3) is 2.88. The number of aromatic nitrogens is 1. The normalized spacial score (nSPS) is 14.3. The molecule has 3 heteroatoms. The van der Waals surface area contributed by atoms with E-state index in [0.717, 1.165) is 11.8 Å². The zero-order chi connectivity index (χ0) is 12.3. The number of halogens is 1. The van der Waals surface area contributed by atoms with Gasteiger partial charge in [0.2, 0.25) is 0 Å². The second kappa shape index (κ2) is 4.63. The van der Waals surface area contributed by atoms with E-state index in [9.17, 15) is 9.50 Å². The van der Waals surface area contributed by atoms with Crippen LogP contribution in [0, 0.1) is 5.82 Å². The topological polar surface area (TPSA) is 33.1 Å². The molecule has 17 heavy (non-hydrogen) atoms. The van der Waals surface area contributed by atoms with E-state index in [4.69, 9.17) is 0 Å². The van der Waals surface area contributed by atoms with Gasteiger partial charge in [-0.05, 0) is 24.6 Å². The molecule has 0 spiro atoms. The fourth-order valence-corrected chi connectivity index (χ4v) is 1.78. The van der Waals surface area contributed by atoms with Crippen LogP contribution in [0.15, 0.2) is 48.7 Å². The van der Waals surface area contributed by atoms with Crippen molar-refractivity contribution in [2.45, 2.75) is 18.9 Å². The maximum atomic E-state index is 12.8. The highest BCUT2D eigenvalue weighted by Gasteiger charge is 2.24. The predicted molar refractivity (Wildman–Crippen MR) is 63.9 cm³/mol. The lowest BCUT2D eigenvalue weighted by molar-refractivity contribution is 0.0529. The van der Waals surface area contributed by atoms with Gasteiger partial charge in [-0.15, -0.1) is 0 Å². The van der Waals surface area contributed by atoms with E-state index in [1.54, 1.807) is 6.92 Å². The van der Waals surface area contributed by atoms with Crippen LogP contribution >= 0.6 is 0 Å². The molecule has 0 aliphatic carbocycles. The van der Waals surface area contributed by atoms with E-state index in [1.807, 2.05) is 30.3 Å². The molecule has 0 fully saturated rings. The first-order valence-corrected chi connectivity index (χ1v) is 5.46.